The molecule has 1 aliphatic rings. The van der Waals surface area contributed by atoms with E-state index in [0.717, 1.165) is 11.3 Å². The van der Waals surface area contributed by atoms with Gasteiger partial charge >= 0.3 is 6.09 Å². The summed E-state index contributed by atoms with van der Waals surface area (Å²) in [6.45, 7) is 10.4. The van der Waals surface area contributed by atoms with Gasteiger partial charge in [-0.15, -0.1) is 0 Å². The lowest BCUT2D eigenvalue weighted by Gasteiger charge is -2.19. The maximum Gasteiger partial charge on any atom is 0.407 e. The number of amides is 1. The van der Waals surface area contributed by atoms with Crippen LogP contribution in [0.4, 0.5) is 4.79 Å². The quantitative estimate of drug-likeness (QED) is 0.931. The normalized spacial score (nSPS) is 16.7. The average Bonchev–Trinajstić information content (AvgIpc) is 2.75. The smallest absolute Gasteiger partial charge is 0.407 e. The Morgan fingerprint density at radius 3 is 2.64 bits per heavy atom. The lowest BCUT2D eigenvalue weighted by molar-refractivity contribution is 0.0523. The van der Waals surface area contributed by atoms with E-state index in [-0.39, 0.29) is 5.54 Å². The second-order valence-electron chi connectivity index (χ2n) is 6.91. The summed E-state index contributed by atoms with van der Waals surface area (Å²) >= 11 is 0. The Balaban J connectivity index is 1.92. The lowest BCUT2D eigenvalue weighted by Crippen LogP contribution is -2.32. The van der Waals surface area contributed by atoms with Crippen LogP contribution in [0.3, 0.4) is 0 Å². The first-order valence-electron chi connectivity index (χ1n) is 7.29. The van der Waals surface area contributed by atoms with E-state index in [1.807, 2.05) is 46.8 Å². The molecule has 1 N–H and O–H groups in total. The summed E-state index contributed by atoms with van der Waals surface area (Å²) in [6, 6.07) is 3.73. The van der Waals surface area contributed by atoms with Gasteiger partial charge in [0, 0.05) is 6.20 Å². The fourth-order valence-electron chi connectivity index (χ4n) is 1.86. The average molecular weight is 305 g/mol. The third-order valence-electron chi connectivity index (χ3n) is 2.85. The number of rotatable bonds is 3. The number of aromatic nitrogens is 1. The van der Waals surface area contributed by atoms with Gasteiger partial charge in [-0.05, 0) is 46.8 Å². The summed E-state index contributed by atoms with van der Waals surface area (Å²) < 4.78 is 10.7. The molecule has 1 aromatic rings. The largest absolute Gasteiger partial charge is 0.475 e. The van der Waals surface area contributed by atoms with Crippen molar-refractivity contribution in [1.82, 2.24) is 10.3 Å². The maximum absolute atomic E-state index is 11.6. The first-order valence-corrected chi connectivity index (χ1v) is 7.29. The minimum Gasteiger partial charge on any atom is -0.475 e. The molecule has 1 aromatic heterocycles. The molecule has 0 radical (unpaired) electrons. The molecule has 0 atom stereocenters. The van der Waals surface area contributed by atoms with Gasteiger partial charge in [-0.25, -0.2) is 9.79 Å². The molecule has 22 heavy (non-hydrogen) atoms. The zero-order valence-corrected chi connectivity index (χ0v) is 13.8. The molecular weight excluding hydrogens is 282 g/mol. The molecule has 0 saturated heterocycles. The molecule has 0 aliphatic carbocycles. The number of pyridine rings is 1. The minimum absolute atomic E-state index is 0.188. The maximum atomic E-state index is 11.6. The van der Waals surface area contributed by atoms with Crippen molar-refractivity contribution in [3.63, 3.8) is 0 Å². The number of aliphatic imine (C=N–C) groups is 1. The highest BCUT2D eigenvalue weighted by molar-refractivity contribution is 5.95. The molecule has 120 valence electrons. The number of carbonyl (C=O) groups excluding carboxylic acids is 1. The van der Waals surface area contributed by atoms with Crippen LogP contribution in [0.5, 0.6) is 0 Å². The molecule has 0 bridgehead atoms. The van der Waals surface area contributed by atoms with Gasteiger partial charge in [0.15, 0.2) is 0 Å². The summed E-state index contributed by atoms with van der Waals surface area (Å²) in [5.41, 5.74) is 0.886. The van der Waals surface area contributed by atoms with Crippen molar-refractivity contribution in [2.75, 3.05) is 6.61 Å². The third kappa shape index (κ3) is 4.72. The van der Waals surface area contributed by atoms with E-state index in [1.165, 1.54) is 0 Å². The monoisotopic (exact) mass is 305 g/mol. The SMILES string of the molecule is CC1(C)COC(c2ccc(CNC(=O)OC(C)(C)C)nc2)=N1. The number of alkyl carbamates (subject to hydrolysis) is 1. The summed E-state index contributed by atoms with van der Waals surface area (Å²) in [7, 11) is 0. The van der Waals surface area contributed by atoms with E-state index in [1.54, 1.807) is 6.20 Å². The van der Waals surface area contributed by atoms with Crippen molar-refractivity contribution in [3.05, 3.63) is 29.6 Å². The molecule has 0 fully saturated rings. The number of nitrogens with zero attached hydrogens (tertiary/aromatic N) is 2. The van der Waals surface area contributed by atoms with Crippen molar-refractivity contribution in [2.24, 2.45) is 4.99 Å². The van der Waals surface area contributed by atoms with Crippen LogP contribution in [0.2, 0.25) is 0 Å². The predicted octanol–water partition coefficient (Wildman–Crippen LogP) is 2.66. The standard InChI is InChI=1S/C16H23N3O3/c1-15(2,3)22-14(20)18-9-12-7-6-11(8-17-12)13-19-16(4,5)10-21-13/h6-8H,9-10H2,1-5H3,(H,18,20). The molecule has 1 aliphatic heterocycles. The van der Waals surface area contributed by atoms with Gasteiger partial charge in [0.1, 0.15) is 12.2 Å². The Labute approximate surface area is 130 Å². The summed E-state index contributed by atoms with van der Waals surface area (Å²) in [4.78, 5) is 20.4. The first kappa shape index (κ1) is 16.3. The van der Waals surface area contributed by atoms with Crippen molar-refractivity contribution in [3.8, 4) is 0 Å². The summed E-state index contributed by atoms with van der Waals surface area (Å²) in [5.74, 6) is 0.615. The third-order valence-corrected chi connectivity index (χ3v) is 2.85. The lowest BCUT2D eigenvalue weighted by atomic mass is 10.1. The van der Waals surface area contributed by atoms with E-state index in [9.17, 15) is 4.79 Å². The van der Waals surface area contributed by atoms with Gasteiger partial charge < -0.3 is 14.8 Å². The van der Waals surface area contributed by atoms with E-state index in [2.05, 4.69) is 15.3 Å². The molecule has 0 aromatic carbocycles. The number of ether oxygens (including phenoxy) is 2. The van der Waals surface area contributed by atoms with Crippen molar-refractivity contribution >= 4 is 12.0 Å². The Kier molecular flexibility index (Phi) is 4.39. The Morgan fingerprint density at radius 1 is 1.41 bits per heavy atom. The van der Waals surface area contributed by atoms with Crippen LogP contribution >= 0.6 is 0 Å². The Hall–Kier alpha value is -2.11. The molecule has 2 heterocycles. The van der Waals surface area contributed by atoms with E-state index in [0.29, 0.717) is 19.0 Å². The van der Waals surface area contributed by atoms with Crippen LogP contribution in [0.1, 0.15) is 45.9 Å². The molecule has 6 heteroatoms. The summed E-state index contributed by atoms with van der Waals surface area (Å²) in [6.07, 6.45) is 1.25. The molecule has 0 saturated carbocycles. The molecule has 0 unspecified atom stereocenters. The number of carbonyl (C=O) groups is 1. The molecule has 1 amide bonds. The predicted molar refractivity (Wildman–Crippen MR) is 83.9 cm³/mol. The topological polar surface area (TPSA) is 72.8 Å². The van der Waals surface area contributed by atoms with Crippen molar-refractivity contribution in [1.29, 1.82) is 0 Å². The molecule has 2 rings (SSSR count). The number of hydrogen-bond acceptors (Lipinski definition) is 5. The first-order chi connectivity index (χ1) is 10.1. The zero-order valence-electron chi connectivity index (χ0n) is 13.8. The van der Waals surface area contributed by atoms with Gasteiger partial charge in [-0.2, -0.15) is 0 Å². The van der Waals surface area contributed by atoms with Gasteiger partial charge in [0.2, 0.25) is 5.90 Å². The van der Waals surface area contributed by atoms with Crippen LogP contribution in [0.25, 0.3) is 0 Å². The van der Waals surface area contributed by atoms with E-state index < -0.39 is 11.7 Å². The van der Waals surface area contributed by atoms with Crippen LogP contribution in [-0.2, 0) is 16.0 Å². The van der Waals surface area contributed by atoms with E-state index >= 15 is 0 Å². The number of nitrogens with one attached hydrogen (secondary N) is 1. The van der Waals surface area contributed by atoms with Gasteiger partial charge in [0.25, 0.3) is 0 Å². The van der Waals surface area contributed by atoms with Gasteiger partial charge in [-0.1, -0.05) is 0 Å². The van der Waals surface area contributed by atoms with E-state index in [4.69, 9.17) is 9.47 Å². The Bertz CT molecular complexity index is 571. The number of hydrogen-bond donors (Lipinski definition) is 1. The van der Waals surface area contributed by atoms with Crippen LogP contribution in [-0.4, -0.2) is 34.7 Å². The highest BCUT2D eigenvalue weighted by Crippen LogP contribution is 2.20. The minimum atomic E-state index is -0.508. The zero-order chi connectivity index (χ0) is 16.4. The summed E-state index contributed by atoms with van der Waals surface area (Å²) in [5, 5.41) is 2.67. The van der Waals surface area contributed by atoms with Crippen LogP contribution < -0.4 is 5.32 Å². The second-order valence-corrected chi connectivity index (χ2v) is 6.91. The molecule has 6 nitrogen and oxygen atoms in total. The van der Waals surface area contributed by atoms with Crippen molar-refractivity contribution in [2.45, 2.75) is 52.3 Å². The highest BCUT2D eigenvalue weighted by Gasteiger charge is 2.27. The second kappa shape index (κ2) is 5.94. The fourth-order valence-corrected chi connectivity index (χ4v) is 1.86. The fraction of sp³-hybridized carbons (Fsp3) is 0.562. The highest BCUT2D eigenvalue weighted by atomic mass is 16.6. The van der Waals surface area contributed by atoms with Crippen LogP contribution in [0, 0.1) is 0 Å². The van der Waals surface area contributed by atoms with Gasteiger partial charge in [0.05, 0.1) is 23.3 Å². The molecule has 0 spiro atoms. The molecular formula is C16H23N3O3. The van der Waals surface area contributed by atoms with Crippen molar-refractivity contribution < 1.29 is 14.3 Å². The van der Waals surface area contributed by atoms with Gasteiger partial charge in [-0.3, -0.25) is 4.98 Å². The Morgan fingerprint density at radius 2 is 2.14 bits per heavy atom. The van der Waals surface area contributed by atoms with Crippen LogP contribution in [0.15, 0.2) is 23.3 Å².